The summed E-state index contributed by atoms with van der Waals surface area (Å²) in [5, 5.41) is 0. The van der Waals surface area contributed by atoms with Crippen molar-refractivity contribution in [2.75, 3.05) is 13.7 Å². The van der Waals surface area contributed by atoms with Crippen LogP contribution in [0.1, 0.15) is 32.6 Å². The zero-order valence-electron chi connectivity index (χ0n) is 16.2. The van der Waals surface area contributed by atoms with Crippen molar-refractivity contribution in [1.82, 2.24) is 4.90 Å². The first-order chi connectivity index (χ1) is 13.4. The fourth-order valence-electron chi connectivity index (χ4n) is 3.29. The van der Waals surface area contributed by atoms with Gasteiger partial charge in [-0.25, -0.2) is 9.59 Å². The maximum atomic E-state index is 12.7. The molecule has 0 radical (unpaired) electrons. The van der Waals surface area contributed by atoms with E-state index in [9.17, 15) is 14.4 Å². The normalized spacial score (nSPS) is 15.5. The second-order valence-corrected chi connectivity index (χ2v) is 6.91. The lowest BCUT2D eigenvalue weighted by molar-refractivity contribution is -0.155. The third-order valence-corrected chi connectivity index (χ3v) is 5.11. The number of hydrogen-bond donors (Lipinski definition) is 0. The Bertz CT molecular complexity index is 921. The van der Waals surface area contributed by atoms with Crippen molar-refractivity contribution in [2.45, 2.75) is 32.9 Å². The minimum Gasteiger partial charge on any atom is -0.467 e. The Hall–Kier alpha value is -3.15. The quantitative estimate of drug-likeness (QED) is 0.761. The van der Waals surface area contributed by atoms with Crippen molar-refractivity contribution in [3.05, 3.63) is 70.3 Å². The number of carbonyl (C=O) groups is 3. The Labute approximate surface area is 164 Å². The van der Waals surface area contributed by atoms with E-state index in [4.69, 9.17) is 9.47 Å². The number of aryl methyl sites for hydroxylation is 2. The van der Waals surface area contributed by atoms with Crippen molar-refractivity contribution in [1.29, 1.82) is 0 Å². The summed E-state index contributed by atoms with van der Waals surface area (Å²) >= 11 is 0. The summed E-state index contributed by atoms with van der Waals surface area (Å²) in [4.78, 5) is 38.6. The molecule has 1 amide bonds. The largest absolute Gasteiger partial charge is 0.467 e. The van der Waals surface area contributed by atoms with Crippen LogP contribution in [0, 0.1) is 13.8 Å². The summed E-state index contributed by atoms with van der Waals surface area (Å²) in [6, 6.07) is 12.2. The SMILES string of the molecule is COC(=O)[C@@H]1Cc2ccccc2CN1C(=O)COC(=O)c1ccc(C)c(C)c1. The molecular weight excluding hydrogens is 358 g/mol. The Kier molecular flexibility index (Phi) is 5.78. The number of hydrogen-bond acceptors (Lipinski definition) is 5. The van der Waals surface area contributed by atoms with Gasteiger partial charge < -0.3 is 14.4 Å². The van der Waals surface area contributed by atoms with E-state index in [0.717, 1.165) is 22.3 Å². The van der Waals surface area contributed by atoms with Gasteiger partial charge in [0.2, 0.25) is 0 Å². The summed E-state index contributed by atoms with van der Waals surface area (Å²) in [6.45, 7) is 3.70. The van der Waals surface area contributed by atoms with Gasteiger partial charge in [-0.1, -0.05) is 30.3 Å². The number of carbonyl (C=O) groups excluding carboxylic acids is 3. The second kappa shape index (κ2) is 8.25. The molecule has 1 heterocycles. The number of amides is 1. The smallest absolute Gasteiger partial charge is 0.338 e. The topological polar surface area (TPSA) is 72.9 Å². The predicted molar refractivity (Wildman–Crippen MR) is 103 cm³/mol. The standard InChI is InChI=1S/C22H23NO5/c1-14-8-9-17(10-15(14)2)21(25)28-13-20(24)23-12-18-7-5-4-6-16(18)11-19(23)22(26)27-3/h4-10,19H,11-13H2,1-3H3/t19-/m0/s1. The second-order valence-electron chi connectivity index (χ2n) is 6.91. The summed E-state index contributed by atoms with van der Waals surface area (Å²) in [6.07, 6.45) is 0.375. The maximum Gasteiger partial charge on any atom is 0.338 e. The third-order valence-electron chi connectivity index (χ3n) is 5.11. The molecule has 0 saturated carbocycles. The van der Waals surface area contributed by atoms with Gasteiger partial charge in [0.1, 0.15) is 6.04 Å². The molecule has 6 nitrogen and oxygen atoms in total. The van der Waals surface area contributed by atoms with E-state index in [1.54, 1.807) is 12.1 Å². The number of benzene rings is 2. The highest BCUT2D eigenvalue weighted by molar-refractivity contribution is 5.92. The number of fused-ring (bicyclic) bond motifs is 1. The molecule has 0 unspecified atom stereocenters. The lowest BCUT2D eigenvalue weighted by Crippen LogP contribution is -2.50. The van der Waals surface area contributed by atoms with Crippen LogP contribution in [0.2, 0.25) is 0 Å². The Morgan fingerprint density at radius 1 is 1.04 bits per heavy atom. The Balaban J connectivity index is 1.71. The first kappa shape index (κ1) is 19.6. The van der Waals surface area contributed by atoms with Crippen LogP contribution in [0.5, 0.6) is 0 Å². The van der Waals surface area contributed by atoms with Crippen LogP contribution < -0.4 is 0 Å². The van der Waals surface area contributed by atoms with E-state index in [-0.39, 0.29) is 6.54 Å². The molecule has 0 fully saturated rings. The number of rotatable bonds is 4. The van der Waals surface area contributed by atoms with Gasteiger partial charge in [0.05, 0.1) is 12.7 Å². The molecule has 0 aromatic heterocycles. The van der Waals surface area contributed by atoms with Crippen molar-refractivity contribution in [3.63, 3.8) is 0 Å². The first-order valence-corrected chi connectivity index (χ1v) is 9.09. The van der Waals surface area contributed by atoms with Gasteiger partial charge in [-0.3, -0.25) is 4.79 Å². The lowest BCUT2D eigenvalue weighted by atomic mass is 9.94. The van der Waals surface area contributed by atoms with Crippen molar-refractivity contribution < 1.29 is 23.9 Å². The molecule has 6 heteroatoms. The number of esters is 2. The van der Waals surface area contributed by atoms with Gasteiger partial charge >= 0.3 is 11.9 Å². The third kappa shape index (κ3) is 4.06. The average molecular weight is 381 g/mol. The molecule has 0 saturated heterocycles. The fourth-order valence-corrected chi connectivity index (χ4v) is 3.29. The van der Waals surface area contributed by atoms with Crippen LogP contribution in [0.3, 0.4) is 0 Å². The molecule has 28 heavy (non-hydrogen) atoms. The van der Waals surface area contributed by atoms with Crippen LogP contribution in [0.4, 0.5) is 0 Å². The number of ether oxygens (including phenoxy) is 2. The van der Waals surface area contributed by atoms with E-state index in [1.165, 1.54) is 12.0 Å². The molecule has 0 N–H and O–H groups in total. The van der Waals surface area contributed by atoms with Crippen molar-refractivity contribution in [3.8, 4) is 0 Å². The van der Waals surface area contributed by atoms with Crippen LogP contribution >= 0.6 is 0 Å². The van der Waals surface area contributed by atoms with E-state index < -0.39 is 30.5 Å². The summed E-state index contributed by atoms with van der Waals surface area (Å²) in [5.74, 6) is -1.48. The number of methoxy groups -OCH3 is 1. The van der Waals surface area contributed by atoms with E-state index in [1.807, 2.05) is 44.2 Å². The van der Waals surface area contributed by atoms with Crippen LogP contribution in [0.15, 0.2) is 42.5 Å². The maximum absolute atomic E-state index is 12.7. The van der Waals surface area contributed by atoms with Crippen LogP contribution in [-0.2, 0) is 32.0 Å². The summed E-state index contributed by atoms with van der Waals surface area (Å²) < 4.78 is 10.1. The molecule has 0 spiro atoms. The van der Waals surface area contributed by atoms with Gasteiger partial charge in [-0.15, -0.1) is 0 Å². The summed E-state index contributed by atoms with van der Waals surface area (Å²) in [7, 11) is 1.30. The van der Waals surface area contributed by atoms with E-state index in [0.29, 0.717) is 12.0 Å². The van der Waals surface area contributed by atoms with E-state index in [2.05, 4.69) is 0 Å². The van der Waals surface area contributed by atoms with E-state index >= 15 is 0 Å². The predicted octanol–water partition coefficient (Wildman–Crippen LogP) is 2.59. The molecule has 0 bridgehead atoms. The lowest BCUT2D eigenvalue weighted by Gasteiger charge is -2.35. The van der Waals surface area contributed by atoms with Gasteiger partial charge in [0.15, 0.2) is 6.61 Å². The number of nitrogens with zero attached hydrogens (tertiary/aromatic N) is 1. The Morgan fingerprint density at radius 3 is 2.43 bits per heavy atom. The molecular formula is C22H23NO5. The molecule has 2 aromatic rings. The molecule has 2 aromatic carbocycles. The van der Waals surface area contributed by atoms with Crippen molar-refractivity contribution in [2.24, 2.45) is 0 Å². The van der Waals surface area contributed by atoms with Gasteiger partial charge in [-0.05, 0) is 48.2 Å². The molecule has 0 aliphatic carbocycles. The summed E-state index contributed by atoms with van der Waals surface area (Å²) in [5.41, 5.74) is 4.41. The highest BCUT2D eigenvalue weighted by Crippen LogP contribution is 2.24. The highest BCUT2D eigenvalue weighted by atomic mass is 16.5. The molecule has 1 aliphatic heterocycles. The average Bonchev–Trinajstić information content (AvgIpc) is 2.72. The molecule has 146 valence electrons. The monoisotopic (exact) mass is 381 g/mol. The Morgan fingerprint density at radius 2 is 1.75 bits per heavy atom. The van der Waals surface area contributed by atoms with Crippen LogP contribution in [0.25, 0.3) is 0 Å². The highest BCUT2D eigenvalue weighted by Gasteiger charge is 2.35. The zero-order valence-corrected chi connectivity index (χ0v) is 16.2. The first-order valence-electron chi connectivity index (χ1n) is 9.09. The van der Waals surface area contributed by atoms with Gasteiger partial charge in [0, 0.05) is 13.0 Å². The van der Waals surface area contributed by atoms with Crippen molar-refractivity contribution >= 4 is 17.8 Å². The van der Waals surface area contributed by atoms with Gasteiger partial charge in [0.25, 0.3) is 5.91 Å². The molecule has 1 aliphatic rings. The molecule has 3 rings (SSSR count). The van der Waals surface area contributed by atoms with Gasteiger partial charge in [-0.2, -0.15) is 0 Å². The fraction of sp³-hybridized carbons (Fsp3) is 0.318. The minimum absolute atomic E-state index is 0.274. The molecule has 1 atom stereocenters. The van der Waals surface area contributed by atoms with Crippen LogP contribution in [-0.4, -0.2) is 42.5 Å². The minimum atomic E-state index is -0.729. The zero-order chi connectivity index (χ0) is 20.3.